The monoisotopic (exact) mass is 264 g/mol. The van der Waals surface area contributed by atoms with Gasteiger partial charge in [-0.15, -0.1) is 0 Å². The molecule has 1 aliphatic rings. The SMILES string of the molecule is COc1cc(N)ccc1C(=O)N1C[C@@H](C)O[C@@H](C)C1. The van der Waals surface area contributed by atoms with Crippen LogP contribution in [0.15, 0.2) is 18.2 Å². The van der Waals surface area contributed by atoms with Crippen LogP contribution in [0.25, 0.3) is 0 Å². The number of ether oxygens (including phenoxy) is 2. The van der Waals surface area contributed by atoms with Gasteiger partial charge in [0.25, 0.3) is 5.91 Å². The molecule has 1 aromatic rings. The second-order valence-electron chi connectivity index (χ2n) is 4.93. The summed E-state index contributed by atoms with van der Waals surface area (Å²) in [6.07, 6.45) is 0.0972. The van der Waals surface area contributed by atoms with Gasteiger partial charge in [0.2, 0.25) is 0 Å². The highest BCUT2D eigenvalue weighted by atomic mass is 16.5. The van der Waals surface area contributed by atoms with Gasteiger partial charge in [0.15, 0.2) is 0 Å². The molecule has 0 radical (unpaired) electrons. The quantitative estimate of drug-likeness (QED) is 0.823. The Hall–Kier alpha value is -1.75. The third-order valence-corrected chi connectivity index (χ3v) is 3.16. The Bertz CT molecular complexity index is 466. The van der Waals surface area contributed by atoms with Crippen molar-refractivity contribution in [3.63, 3.8) is 0 Å². The molecule has 2 N–H and O–H groups in total. The molecule has 1 saturated heterocycles. The van der Waals surface area contributed by atoms with Crippen molar-refractivity contribution in [2.45, 2.75) is 26.1 Å². The summed E-state index contributed by atoms with van der Waals surface area (Å²) in [4.78, 5) is 14.3. The molecule has 1 amide bonds. The summed E-state index contributed by atoms with van der Waals surface area (Å²) in [6, 6.07) is 5.09. The van der Waals surface area contributed by atoms with Gasteiger partial charge < -0.3 is 20.1 Å². The number of methoxy groups -OCH3 is 1. The van der Waals surface area contributed by atoms with Crippen molar-refractivity contribution in [1.82, 2.24) is 4.90 Å². The average Bonchev–Trinajstić information content (AvgIpc) is 2.36. The molecule has 0 bridgehead atoms. The van der Waals surface area contributed by atoms with Gasteiger partial charge in [0.05, 0.1) is 24.9 Å². The number of carbonyl (C=O) groups excluding carboxylic acids is 1. The molecule has 0 saturated carbocycles. The van der Waals surface area contributed by atoms with E-state index in [4.69, 9.17) is 15.2 Å². The highest BCUT2D eigenvalue weighted by Gasteiger charge is 2.28. The van der Waals surface area contributed by atoms with Crippen LogP contribution in [0.2, 0.25) is 0 Å². The van der Waals surface area contributed by atoms with Gasteiger partial charge in [-0.2, -0.15) is 0 Å². The number of nitrogen functional groups attached to an aromatic ring is 1. The predicted octanol–water partition coefficient (Wildman–Crippen LogP) is 1.53. The molecule has 0 aromatic heterocycles. The third kappa shape index (κ3) is 2.98. The summed E-state index contributed by atoms with van der Waals surface area (Å²) in [5.41, 5.74) is 6.82. The number of hydrogen-bond donors (Lipinski definition) is 1. The normalized spacial score (nSPS) is 23.2. The van der Waals surface area contributed by atoms with Gasteiger partial charge in [0, 0.05) is 24.8 Å². The van der Waals surface area contributed by atoms with Crippen LogP contribution in [0.1, 0.15) is 24.2 Å². The average molecular weight is 264 g/mol. The standard InChI is InChI=1S/C14H20N2O3/c1-9-7-16(8-10(2)19-9)14(17)12-5-4-11(15)6-13(12)18-3/h4-6,9-10H,7-8,15H2,1-3H3/t9-,10+. The maximum Gasteiger partial charge on any atom is 0.257 e. The third-order valence-electron chi connectivity index (χ3n) is 3.16. The molecular formula is C14H20N2O3. The summed E-state index contributed by atoms with van der Waals surface area (Å²) in [7, 11) is 1.54. The van der Waals surface area contributed by atoms with Crippen LogP contribution in [0.3, 0.4) is 0 Å². The molecule has 0 aliphatic carbocycles. The van der Waals surface area contributed by atoms with Crippen molar-refractivity contribution < 1.29 is 14.3 Å². The molecule has 2 atom stereocenters. The fourth-order valence-corrected chi connectivity index (χ4v) is 2.40. The lowest BCUT2D eigenvalue weighted by atomic mass is 10.1. The predicted molar refractivity (Wildman–Crippen MR) is 73.3 cm³/mol. The van der Waals surface area contributed by atoms with Crippen LogP contribution < -0.4 is 10.5 Å². The number of morpholine rings is 1. The first-order valence-electron chi connectivity index (χ1n) is 6.39. The summed E-state index contributed by atoms with van der Waals surface area (Å²) < 4.78 is 10.9. The van der Waals surface area contributed by atoms with Crippen LogP contribution >= 0.6 is 0 Å². The Morgan fingerprint density at radius 2 is 2.00 bits per heavy atom. The Morgan fingerprint density at radius 1 is 1.37 bits per heavy atom. The van der Waals surface area contributed by atoms with E-state index in [0.717, 1.165) is 0 Å². The van der Waals surface area contributed by atoms with Crippen molar-refractivity contribution in [2.75, 3.05) is 25.9 Å². The first kappa shape index (κ1) is 13.7. The summed E-state index contributed by atoms with van der Waals surface area (Å²) in [6.45, 7) is 5.12. The number of anilines is 1. The first-order valence-corrected chi connectivity index (χ1v) is 6.39. The Kier molecular flexibility index (Phi) is 3.95. The number of nitrogens with zero attached hydrogens (tertiary/aromatic N) is 1. The van der Waals surface area contributed by atoms with Crippen LogP contribution in [-0.2, 0) is 4.74 Å². The smallest absolute Gasteiger partial charge is 0.257 e. The Balaban J connectivity index is 2.24. The van der Waals surface area contributed by atoms with Gasteiger partial charge in [-0.1, -0.05) is 0 Å². The zero-order chi connectivity index (χ0) is 14.0. The Morgan fingerprint density at radius 3 is 2.58 bits per heavy atom. The van der Waals surface area contributed by atoms with Crippen LogP contribution in [0, 0.1) is 0 Å². The molecule has 2 rings (SSSR count). The molecule has 1 aromatic carbocycles. The molecule has 5 heteroatoms. The molecule has 19 heavy (non-hydrogen) atoms. The minimum absolute atomic E-state index is 0.0427. The second kappa shape index (κ2) is 5.48. The number of hydrogen-bond acceptors (Lipinski definition) is 4. The number of carbonyl (C=O) groups is 1. The van der Waals surface area contributed by atoms with E-state index in [0.29, 0.717) is 30.1 Å². The number of benzene rings is 1. The van der Waals surface area contributed by atoms with Crippen LogP contribution in [-0.4, -0.2) is 43.2 Å². The van der Waals surface area contributed by atoms with Crippen molar-refractivity contribution in [3.8, 4) is 5.75 Å². The lowest BCUT2D eigenvalue weighted by Gasteiger charge is -2.35. The maximum atomic E-state index is 12.5. The highest BCUT2D eigenvalue weighted by Crippen LogP contribution is 2.24. The van der Waals surface area contributed by atoms with Crippen LogP contribution in [0.4, 0.5) is 5.69 Å². The molecular weight excluding hydrogens is 244 g/mol. The van der Waals surface area contributed by atoms with E-state index in [1.165, 1.54) is 7.11 Å². The topological polar surface area (TPSA) is 64.8 Å². The summed E-state index contributed by atoms with van der Waals surface area (Å²) in [5.74, 6) is 0.468. The molecule has 1 aliphatic heterocycles. The van der Waals surface area contributed by atoms with Gasteiger partial charge in [0.1, 0.15) is 5.75 Å². The molecule has 1 heterocycles. The maximum absolute atomic E-state index is 12.5. The van der Waals surface area contributed by atoms with E-state index in [1.54, 1.807) is 23.1 Å². The fourth-order valence-electron chi connectivity index (χ4n) is 2.40. The highest BCUT2D eigenvalue weighted by molar-refractivity contribution is 5.97. The minimum atomic E-state index is -0.0427. The molecule has 0 unspecified atom stereocenters. The van der Waals surface area contributed by atoms with Gasteiger partial charge in [-0.25, -0.2) is 0 Å². The van der Waals surface area contributed by atoms with Crippen molar-refractivity contribution in [3.05, 3.63) is 23.8 Å². The minimum Gasteiger partial charge on any atom is -0.496 e. The first-order chi connectivity index (χ1) is 9.01. The van der Waals surface area contributed by atoms with E-state index < -0.39 is 0 Å². The zero-order valence-corrected chi connectivity index (χ0v) is 11.6. The van der Waals surface area contributed by atoms with Crippen molar-refractivity contribution in [1.29, 1.82) is 0 Å². The van der Waals surface area contributed by atoms with E-state index in [1.807, 2.05) is 13.8 Å². The molecule has 104 valence electrons. The largest absolute Gasteiger partial charge is 0.496 e. The fraction of sp³-hybridized carbons (Fsp3) is 0.500. The summed E-state index contributed by atoms with van der Waals surface area (Å²) >= 11 is 0. The van der Waals surface area contributed by atoms with Crippen molar-refractivity contribution in [2.24, 2.45) is 0 Å². The number of rotatable bonds is 2. The van der Waals surface area contributed by atoms with Gasteiger partial charge in [-0.3, -0.25) is 4.79 Å². The Labute approximate surface area is 113 Å². The summed E-state index contributed by atoms with van der Waals surface area (Å²) in [5, 5.41) is 0. The number of amides is 1. The molecule has 0 spiro atoms. The van der Waals surface area contributed by atoms with E-state index in [2.05, 4.69) is 0 Å². The zero-order valence-electron chi connectivity index (χ0n) is 11.6. The lowest BCUT2D eigenvalue weighted by Crippen LogP contribution is -2.48. The molecule has 1 fully saturated rings. The van der Waals surface area contributed by atoms with E-state index in [-0.39, 0.29) is 18.1 Å². The second-order valence-corrected chi connectivity index (χ2v) is 4.93. The van der Waals surface area contributed by atoms with E-state index >= 15 is 0 Å². The molecule has 5 nitrogen and oxygen atoms in total. The van der Waals surface area contributed by atoms with E-state index in [9.17, 15) is 4.79 Å². The van der Waals surface area contributed by atoms with Crippen molar-refractivity contribution >= 4 is 11.6 Å². The van der Waals surface area contributed by atoms with Gasteiger partial charge >= 0.3 is 0 Å². The number of nitrogens with two attached hydrogens (primary N) is 1. The lowest BCUT2D eigenvalue weighted by molar-refractivity contribution is -0.0586. The van der Waals surface area contributed by atoms with Crippen LogP contribution in [0.5, 0.6) is 5.75 Å². The van der Waals surface area contributed by atoms with Gasteiger partial charge in [-0.05, 0) is 26.0 Å².